The van der Waals surface area contributed by atoms with Gasteiger partial charge in [0.05, 0.1) is 19.3 Å². The normalized spacial score (nSPS) is 10.1. The summed E-state index contributed by atoms with van der Waals surface area (Å²) in [5.41, 5.74) is 1.53. The largest absolute Gasteiger partial charge is 0.497 e. The zero-order valence-electron chi connectivity index (χ0n) is 10.4. The second kappa shape index (κ2) is 5.35. The lowest BCUT2D eigenvalue weighted by molar-refractivity contribution is 0.0949. The first-order chi connectivity index (χ1) is 8.70. The van der Waals surface area contributed by atoms with Crippen LogP contribution in [0.4, 0.5) is 0 Å². The monoisotopic (exact) mass is 245 g/mol. The molecule has 1 aromatic heterocycles. The fraction of sp³-hybridized carbons (Fsp3) is 0.231. The zero-order valence-corrected chi connectivity index (χ0v) is 10.4. The molecule has 0 bridgehead atoms. The number of ether oxygens (including phenoxy) is 1. The van der Waals surface area contributed by atoms with Crippen molar-refractivity contribution in [1.29, 1.82) is 0 Å². The first-order valence-corrected chi connectivity index (χ1v) is 5.60. The predicted molar refractivity (Wildman–Crippen MR) is 67.4 cm³/mol. The molecule has 0 spiro atoms. The Morgan fingerprint density at radius 1 is 1.44 bits per heavy atom. The van der Waals surface area contributed by atoms with Crippen molar-refractivity contribution in [3.8, 4) is 5.75 Å². The number of methoxy groups -OCH3 is 1. The van der Waals surface area contributed by atoms with Gasteiger partial charge in [-0.2, -0.15) is 5.10 Å². The number of rotatable bonds is 4. The molecular weight excluding hydrogens is 230 g/mol. The van der Waals surface area contributed by atoms with Gasteiger partial charge >= 0.3 is 0 Å². The van der Waals surface area contributed by atoms with Gasteiger partial charge in [0.25, 0.3) is 5.91 Å². The van der Waals surface area contributed by atoms with E-state index in [9.17, 15) is 4.79 Å². The second-order valence-electron chi connectivity index (χ2n) is 3.86. The highest BCUT2D eigenvalue weighted by atomic mass is 16.5. The molecule has 0 atom stereocenters. The third-order valence-electron chi connectivity index (χ3n) is 2.68. The van der Waals surface area contributed by atoms with Crippen LogP contribution >= 0.6 is 0 Å². The topological polar surface area (TPSA) is 56.1 Å². The van der Waals surface area contributed by atoms with E-state index in [1.807, 2.05) is 13.1 Å². The number of nitrogens with one attached hydrogen (secondary N) is 1. The Bertz CT molecular complexity index is 549. The minimum atomic E-state index is -0.130. The number of hydrogen-bond acceptors (Lipinski definition) is 3. The van der Waals surface area contributed by atoms with Crippen LogP contribution < -0.4 is 10.1 Å². The summed E-state index contributed by atoms with van der Waals surface area (Å²) in [4.78, 5) is 11.9. The summed E-state index contributed by atoms with van der Waals surface area (Å²) in [6.45, 7) is 0.451. The van der Waals surface area contributed by atoms with Crippen LogP contribution in [0.1, 0.15) is 16.1 Å². The van der Waals surface area contributed by atoms with Gasteiger partial charge < -0.3 is 10.1 Å². The number of benzene rings is 1. The highest BCUT2D eigenvalue weighted by Crippen LogP contribution is 2.12. The molecule has 0 saturated heterocycles. The molecule has 18 heavy (non-hydrogen) atoms. The average molecular weight is 245 g/mol. The van der Waals surface area contributed by atoms with Crippen molar-refractivity contribution in [1.82, 2.24) is 15.1 Å². The van der Waals surface area contributed by atoms with E-state index in [0.29, 0.717) is 17.9 Å². The minimum Gasteiger partial charge on any atom is -0.497 e. The molecule has 0 radical (unpaired) electrons. The molecule has 0 aliphatic carbocycles. The van der Waals surface area contributed by atoms with Crippen LogP contribution in [0, 0.1) is 0 Å². The lowest BCUT2D eigenvalue weighted by atomic mass is 10.2. The van der Waals surface area contributed by atoms with Crippen molar-refractivity contribution in [2.75, 3.05) is 7.11 Å². The summed E-state index contributed by atoms with van der Waals surface area (Å²) < 4.78 is 6.81. The standard InChI is InChI=1S/C13H15N3O2/c1-16-11(6-7-15-16)9-14-13(17)10-4-3-5-12(8-10)18-2/h3-8H,9H2,1-2H3,(H,14,17). The van der Waals surface area contributed by atoms with Gasteiger partial charge in [0.15, 0.2) is 0 Å². The van der Waals surface area contributed by atoms with E-state index >= 15 is 0 Å². The van der Waals surface area contributed by atoms with E-state index in [2.05, 4.69) is 10.4 Å². The molecule has 94 valence electrons. The number of aromatic nitrogens is 2. The molecular formula is C13H15N3O2. The number of amides is 1. The van der Waals surface area contributed by atoms with Crippen molar-refractivity contribution in [3.05, 3.63) is 47.8 Å². The first-order valence-electron chi connectivity index (χ1n) is 5.60. The quantitative estimate of drug-likeness (QED) is 0.884. The first kappa shape index (κ1) is 12.2. The average Bonchev–Trinajstić information content (AvgIpc) is 2.81. The fourth-order valence-electron chi connectivity index (χ4n) is 1.61. The number of hydrogen-bond donors (Lipinski definition) is 1. The summed E-state index contributed by atoms with van der Waals surface area (Å²) >= 11 is 0. The molecule has 1 heterocycles. The molecule has 5 heteroatoms. The Balaban J connectivity index is 2.01. The zero-order chi connectivity index (χ0) is 13.0. The van der Waals surface area contributed by atoms with Gasteiger partial charge in [0.1, 0.15) is 5.75 Å². The van der Waals surface area contributed by atoms with Crippen molar-refractivity contribution in [2.45, 2.75) is 6.54 Å². The van der Waals surface area contributed by atoms with Crippen molar-refractivity contribution in [2.24, 2.45) is 7.05 Å². The highest BCUT2D eigenvalue weighted by molar-refractivity contribution is 5.94. The van der Waals surface area contributed by atoms with Gasteiger partial charge in [-0.15, -0.1) is 0 Å². The molecule has 1 amide bonds. The van der Waals surface area contributed by atoms with E-state index in [-0.39, 0.29) is 5.91 Å². The predicted octanol–water partition coefficient (Wildman–Crippen LogP) is 1.36. The van der Waals surface area contributed by atoms with Gasteiger partial charge in [0, 0.05) is 18.8 Å². The lowest BCUT2D eigenvalue weighted by Gasteiger charge is -2.06. The third-order valence-corrected chi connectivity index (χ3v) is 2.68. The number of aryl methyl sites for hydroxylation is 1. The smallest absolute Gasteiger partial charge is 0.251 e. The SMILES string of the molecule is COc1cccc(C(=O)NCc2ccnn2C)c1. The number of carbonyl (C=O) groups excluding carboxylic acids is 1. The van der Waals surface area contributed by atoms with Gasteiger partial charge in [-0.05, 0) is 24.3 Å². The molecule has 0 fully saturated rings. The highest BCUT2D eigenvalue weighted by Gasteiger charge is 2.07. The van der Waals surface area contributed by atoms with Gasteiger partial charge in [-0.25, -0.2) is 0 Å². The summed E-state index contributed by atoms with van der Waals surface area (Å²) in [7, 11) is 3.42. The summed E-state index contributed by atoms with van der Waals surface area (Å²) in [5, 5.41) is 6.88. The van der Waals surface area contributed by atoms with Crippen LogP contribution in [0.5, 0.6) is 5.75 Å². The molecule has 1 N–H and O–H groups in total. The maximum Gasteiger partial charge on any atom is 0.251 e. The molecule has 5 nitrogen and oxygen atoms in total. The molecule has 0 aliphatic heterocycles. The molecule has 0 saturated carbocycles. The molecule has 0 aliphatic rings. The summed E-state index contributed by atoms with van der Waals surface area (Å²) in [6, 6.07) is 8.92. The maximum absolute atomic E-state index is 11.9. The maximum atomic E-state index is 11.9. The van der Waals surface area contributed by atoms with E-state index in [1.54, 1.807) is 42.3 Å². The Labute approximate surface area is 105 Å². The van der Waals surface area contributed by atoms with Crippen LogP contribution in [0.25, 0.3) is 0 Å². The Morgan fingerprint density at radius 3 is 2.94 bits per heavy atom. The van der Waals surface area contributed by atoms with Gasteiger partial charge in [-0.1, -0.05) is 6.07 Å². The van der Waals surface area contributed by atoms with Crippen LogP contribution in [0.2, 0.25) is 0 Å². The Morgan fingerprint density at radius 2 is 2.28 bits per heavy atom. The van der Waals surface area contributed by atoms with E-state index in [1.165, 1.54) is 0 Å². The third kappa shape index (κ3) is 2.68. The van der Waals surface area contributed by atoms with E-state index in [0.717, 1.165) is 5.69 Å². The summed E-state index contributed by atoms with van der Waals surface area (Å²) in [6.07, 6.45) is 1.70. The van der Waals surface area contributed by atoms with E-state index < -0.39 is 0 Å². The van der Waals surface area contributed by atoms with Crippen molar-refractivity contribution >= 4 is 5.91 Å². The fourth-order valence-corrected chi connectivity index (χ4v) is 1.61. The van der Waals surface area contributed by atoms with Gasteiger partial charge in [-0.3, -0.25) is 9.48 Å². The molecule has 0 unspecified atom stereocenters. The Hall–Kier alpha value is -2.30. The molecule has 2 rings (SSSR count). The minimum absolute atomic E-state index is 0.130. The van der Waals surface area contributed by atoms with E-state index in [4.69, 9.17) is 4.74 Å². The summed E-state index contributed by atoms with van der Waals surface area (Å²) in [5.74, 6) is 0.540. The Kier molecular flexibility index (Phi) is 3.62. The van der Waals surface area contributed by atoms with Crippen molar-refractivity contribution in [3.63, 3.8) is 0 Å². The van der Waals surface area contributed by atoms with Crippen molar-refractivity contribution < 1.29 is 9.53 Å². The van der Waals surface area contributed by atoms with Crippen LogP contribution in [0.3, 0.4) is 0 Å². The van der Waals surface area contributed by atoms with Crippen LogP contribution in [0.15, 0.2) is 36.5 Å². The number of nitrogens with zero attached hydrogens (tertiary/aromatic N) is 2. The van der Waals surface area contributed by atoms with Crippen LogP contribution in [-0.4, -0.2) is 22.8 Å². The lowest BCUT2D eigenvalue weighted by Crippen LogP contribution is -2.24. The van der Waals surface area contributed by atoms with Crippen LogP contribution in [-0.2, 0) is 13.6 Å². The molecule has 1 aromatic carbocycles. The second-order valence-corrected chi connectivity index (χ2v) is 3.86. The number of carbonyl (C=O) groups is 1. The van der Waals surface area contributed by atoms with Gasteiger partial charge in [0.2, 0.25) is 0 Å². The molecule has 2 aromatic rings.